The van der Waals surface area contributed by atoms with Crippen LogP contribution in [0.2, 0.25) is 0 Å². The first kappa shape index (κ1) is 14.9. The zero-order chi connectivity index (χ0) is 16.7. The van der Waals surface area contributed by atoms with Crippen molar-refractivity contribution in [1.29, 1.82) is 0 Å². The molecule has 0 aliphatic carbocycles. The number of fused-ring (bicyclic) bond motifs is 1. The van der Waals surface area contributed by atoms with E-state index in [4.69, 9.17) is 4.42 Å². The van der Waals surface area contributed by atoms with Crippen LogP contribution >= 0.6 is 0 Å². The van der Waals surface area contributed by atoms with Crippen molar-refractivity contribution in [3.05, 3.63) is 53.8 Å². The van der Waals surface area contributed by atoms with Gasteiger partial charge in [-0.1, -0.05) is 12.1 Å². The van der Waals surface area contributed by atoms with E-state index in [9.17, 15) is 9.18 Å². The Morgan fingerprint density at radius 2 is 2.25 bits per heavy atom. The highest BCUT2D eigenvalue weighted by Gasteiger charge is 2.29. The predicted molar refractivity (Wildman–Crippen MR) is 87.3 cm³/mol. The molecule has 1 aromatic carbocycles. The number of hydrogen-bond acceptors (Lipinski definition) is 3. The topological polar surface area (TPSA) is 51.3 Å². The largest absolute Gasteiger partial charge is 0.448 e. The molecule has 1 fully saturated rings. The van der Waals surface area contributed by atoms with Crippen LogP contribution in [-0.2, 0) is 0 Å². The first-order valence-electron chi connectivity index (χ1n) is 8.11. The van der Waals surface area contributed by atoms with Crippen LogP contribution in [0.1, 0.15) is 35.0 Å². The molecule has 0 bridgehead atoms. The number of hydrogen-bond donors (Lipinski definition) is 0. The van der Waals surface area contributed by atoms with Crippen LogP contribution in [0, 0.1) is 12.7 Å². The molecule has 0 N–H and O–H groups in total. The van der Waals surface area contributed by atoms with E-state index in [2.05, 4.69) is 5.10 Å². The van der Waals surface area contributed by atoms with Gasteiger partial charge in [0, 0.05) is 36.4 Å². The van der Waals surface area contributed by atoms with E-state index in [0.29, 0.717) is 24.0 Å². The fourth-order valence-corrected chi connectivity index (χ4v) is 3.41. The van der Waals surface area contributed by atoms with E-state index < -0.39 is 5.82 Å². The first-order valence-corrected chi connectivity index (χ1v) is 8.11. The Hall–Kier alpha value is -2.63. The van der Waals surface area contributed by atoms with Crippen LogP contribution < -0.4 is 0 Å². The number of nitrogens with zero attached hydrogens (tertiary/aromatic N) is 3. The van der Waals surface area contributed by atoms with Crippen molar-refractivity contribution in [1.82, 2.24) is 14.7 Å². The normalized spacial score (nSPS) is 18.2. The third kappa shape index (κ3) is 2.38. The summed E-state index contributed by atoms with van der Waals surface area (Å²) in [4.78, 5) is 14.7. The minimum Gasteiger partial charge on any atom is -0.448 e. The molecule has 124 valence electrons. The van der Waals surface area contributed by atoms with E-state index in [1.54, 1.807) is 30.2 Å². The zero-order valence-electron chi connectivity index (χ0n) is 13.4. The van der Waals surface area contributed by atoms with Gasteiger partial charge < -0.3 is 9.32 Å². The molecule has 1 saturated heterocycles. The molecule has 0 spiro atoms. The Morgan fingerprint density at radius 3 is 3.00 bits per heavy atom. The van der Waals surface area contributed by atoms with Crippen LogP contribution in [0.15, 0.2) is 41.1 Å². The maximum absolute atomic E-state index is 13.9. The van der Waals surface area contributed by atoms with Crippen LogP contribution in [0.5, 0.6) is 0 Å². The number of likely N-dealkylation sites (tertiary alicyclic amines) is 1. The molecule has 0 saturated carbocycles. The summed E-state index contributed by atoms with van der Waals surface area (Å²) in [5, 5.41) is 4.93. The molecule has 1 amide bonds. The lowest BCUT2D eigenvalue weighted by Crippen LogP contribution is -2.40. The number of rotatable bonds is 2. The van der Waals surface area contributed by atoms with Crippen molar-refractivity contribution in [3.8, 4) is 0 Å². The molecule has 1 aliphatic heterocycles. The van der Waals surface area contributed by atoms with Crippen molar-refractivity contribution in [3.63, 3.8) is 0 Å². The Labute approximate surface area is 138 Å². The SMILES string of the molecule is Cc1c(C(=O)N2CCC[C@@H](n3cccn3)C2)oc2c(F)cccc12. The average molecular weight is 327 g/mol. The lowest BCUT2D eigenvalue weighted by molar-refractivity contribution is 0.0642. The van der Waals surface area contributed by atoms with E-state index in [1.807, 2.05) is 16.9 Å². The lowest BCUT2D eigenvalue weighted by Gasteiger charge is -2.32. The maximum atomic E-state index is 13.9. The smallest absolute Gasteiger partial charge is 0.289 e. The van der Waals surface area contributed by atoms with Gasteiger partial charge in [0.05, 0.1) is 6.04 Å². The summed E-state index contributed by atoms with van der Waals surface area (Å²) in [7, 11) is 0. The lowest BCUT2D eigenvalue weighted by atomic mass is 10.0. The number of carbonyl (C=O) groups is 1. The van der Waals surface area contributed by atoms with Crippen molar-refractivity contribution >= 4 is 16.9 Å². The predicted octanol–water partition coefficient (Wildman–Crippen LogP) is 3.55. The number of benzene rings is 1. The van der Waals surface area contributed by atoms with Crippen LogP contribution in [0.4, 0.5) is 4.39 Å². The molecule has 3 aromatic rings. The van der Waals surface area contributed by atoms with Crippen molar-refractivity contribution in [2.75, 3.05) is 13.1 Å². The Morgan fingerprint density at radius 1 is 1.38 bits per heavy atom. The second-order valence-electron chi connectivity index (χ2n) is 6.21. The number of aryl methyl sites for hydroxylation is 1. The van der Waals surface area contributed by atoms with Gasteiger partial charge in [0.1, 0.15) is 0 Å². The van der Waals surface area contributed by atoms with Gasteiger partial charge in [0.2, 0.25) is 0 Å². The fourth-order valence-electron chi connectivity index (χ4n) is 3.41. The van der Waals surface area contributed by atoms with Gasteiger partial charge in [-0.3, -0.25) is 9.48 Å². The number of carbonyl (C=O) groups excluding carboxylic acids is 1. The second-order valence-corrected chi connectivity index (χ2v) is 6.21. The molecular weight excluding hydrogens is 309 g/mol. The summed E-state index contributed by atoms with van der Waals surface area (Å²) >= 11 is 0. The summed E-state index contributed by atoms with van der Waals surface area (Å²) in [6.45, 7) is 3.06. The zero-order valence-corrected chi connectivity index (χ0v) is 13.4. The average Bonchev–Trinajstić information content (AvgIpc) is 3.24. The van der Waals surface area contributed by atoms with E-state index in [-0.39, 0.29) is 23.3 Å². The van der Waals surface area contributed by atoms with Crippen LogP contribution in [0.25, 0.3) is 11.0 Å². The summed E-state index contributed by atoms with van der Waals surface area (Å²) < 4.78 is 21.4. The van der Waals surface area contributed by atoms with E-state index >= 15 is 0 Å². The van der Waals surface area contributed by atoms with Gasteiger partial charge in [-0.15, -0.1) is 0 Å². The third-order valence-electron chi connectivity index (χ3n) is 4.69. The van der Waals surface area contributed by atoms with Crippen LogP contribution in [0.3, 0.4) is 0 Å². The van der Waals surface area contributed by atoms with Gasteiger partial charge in [-0.05, 0) is 31.9 Å². The Bertz CT molecular complexity index is 885. The summed E-state index contributed by atoms with van der Waals surface area (Å²) in [5.74, 6) is -0.390. The number of para-hydroxylation sites is 1. The highest BCUT2D eigenvalue weighted by atomic mass is 19.1. The highest BCUT2D eigenvalue weighted by molar-refractivity contribution is 5.99. The number of aromatic nitrogens is 2. The summed E-state index contributed by atoms with van der Waals surface area (Å²) in [6, 6.07) is 6.79. The molecule has 0 radical (unpaired) electrons. The van der Waals surface area contributed by atoms with Crippen molar-refractivity contribution < 1.29 is 13.6 Å². The molecule has 4 rings (SSSR count). The van der Waals surface area contributed by atoms with Gasteiger partial charge in [-0.2, -0.15) is 5.10 Å². The Balaban J connectivity index is 1.64. The second kappa shape index (κ2) is 5.78. The standard InChI is InChI=1S/C18H18FN3O2/c1-12-14-6-2-7-15(19)17(14)24-16(12)18(23)21-9-3-5-13(11-21)22-10-4-8-20-22/h2,4,6-8,10,13H,3,5,9,11H2,1H3/t13-/m1/s1. The minimum atomic E-state index is -0.442. The van der Waals surface area contributed by atoms with Crippen molar-refractivity contribution in [2.24, 2.45) is 0 Å². The van der Waals surface area contributed by atoms with E-state index in [0.717, 1.165) is 12.8 Å². The highest BCUT2D eigenvalue weighted by Crippen LogP contribution is 2.29. The molecule has 6 heteroatoms. The maximum Gasteiger partial charge on any atom is 0.289 e. The minimum absolute atomic E-state index is 0.152. The monoisotopic (exact) mass is 327 g/mol. The fraction of sp³-hybridized carbons (Fsp3) is 0.333. The van der Waals surface area contributed by atoms with Gasteiger partial charge in [0.25, 0.3) is 5.91 Å². The molecule has 5 nitrogen and oxygen atoms in total. The van der Waals surface area contributed by atoms with Gasteiger partial charge in [0.15, 0.2) is 17.2 Å². The first-order chi connectivity index (χ1) is 11.6. The number of furan rings is 1. The molecule has 1 atom stereocenters. The Kier molecular flexibility index (Phi) is 3.59. The quantitative estimate of drug-likeness (QED) is 0.723. The molecule has 1 aliphatic rings. The summed E-state index contributed by atoms with van der Waals surface area (Å²) in [5.41, 5.74) is 0.842. The molecule has 24 heavy (non-hydrogen) atoms. The third-order valence-corrected chi connectivity index (χ3v) is 4.69. The number of piperidine rings is 1. The van der Waals surface area contributed by atoms with Gasteiger partial charge in [-0.25, -0.2) is 4.39 Å². The van der Waals surface area contributed by atoms with Crippen LogP contribution in [-0.4, -0.2) is 33.7 Å². The van der Waals surface area contributed by atoms with Gasteiger partial charge >= 0.3 is 0 Å². The molecule has 2 aromatic heterocycles. The molecule has 3 heterocycles. The molecular formula is C18H18FN3O2. The van der Waals surface area contributed by atoms with Crippen molar-refractivity contribution in [2.45, 2.75) is 25.8 Å². The molecule has 0 unspecified atom stereocenters. The summed E-state index contributed by atoms with van der Waals surface area (Å²) in [6.07, 6.45) is 5.55. The number of amides is 1. The number of halogens is 1. The van der Waals surface area contributed by atoms with E-state index in [1.165, 1.54) is 6.07 Å².